The van der Waals surface area contributed by atoms with E-state index in [1.165, 1.54) is 6.42 Å². The lowest BCUT2D eigenvalue weighted by molar-refractivity contribution is 0.422. The van der Waals surface area contributed by atoms with Gasteiger partial charge in [0.25, 0.3) is 0 Å². The molecule has 3 aromatic rings. The molecule has 24 heavy (non-hydrogen) atoms. The van der Waals surface area contributed by atoms with Gasteiger partial charge in [-0.1, -0.05) is 0 Å². The van der Waals surface area contributed by atoms with Gasteiger partial charge in [-0.2, -0.15) is 0 Å². The molecular formula is C19H21N5. The molecule has 1 saturated heterocycles. The molecule has 1 aliphatic rings. The van der Waals surface area contributed by atoms with Crippen LogP contribution in [0.25, 0.3) is 22.0 Å². The van der Waals surface area contributed by atoms with Crippen LogP contribution in [0, 0.1) is 5.92 Å². The Kier molecular flexibility index (Phi) is 4.09. The van der Waals surface area contributed by atoms with Crippen molar-refractivity contribution in [2.24, 2.45) is 11.7 Å². The summed E-state index contributed by atoms with van der Waals surface area (Å²) in [4.78, 5) is 15.8. The van der Waals surface area contributed by atoms with Gasteiger partial charge >= 0.3 is 0 Å². The molecular weight excluding hydrogens is 298 g/mol. The molecule has 0 saturated carbocycles. The van der Waals surface area contributed by atoms with Crippen molar-refractivity contribution >= 4 is 16.6 Å². The third-order valence-electron chi connectivity index (χ3n) is 4.74. The topological polar surface area (TPSA) is 67.9 Å². The van der Waals surface area contributed by atoms with Gasteiger partial charge in [-0.3, -0.25) is 9.97 Å². The summed E-state index contributed by atoms with van der Waals surface area (Å²) in [5.41, 5.74) is 7.95. The highest BCUT2D eigenvalue weighted by Gasteiger charge is 2.22. The Morgan fingerprint density at radius 2 is 1.96 bits per heavy atom. The molecule has 5 nitrogen and oxygen atoms in total. The Morgan fingerprint density at radius 1 is 1.12 bits per heavy atom. The number of nitrogens with zero attached hydrogens (tertiary/aromatic N) is 4. The molecule has 122 valence electrons. The maximum atomic E-state index is 5.91. The molecule has 3 aromatic heterocycles. The third-order valence-corrected chi connectivity index (χ3v) is 4.74. The first-order valence-corrected chi connectivity index (χ1v) is 8.45. The highest BCUT2D eigenvalue weighted by Crippen LogP contribution is 2.31. The molecule has 0 aliphatic carbocycles. The molecule has 1 unspecified atom stereocenters. The van der Waals surface area contributed by atoms with Gasteiger partial charge in [0.05, 0.1) is 5.69 Å². The maximum absolute atomic E-state index is 5.91. The highest BCUT2D eigenvalue weighted by atomic mass is 15.2. The predicted octanol–water partition coefficient (Wildman–Crippen LogP) is 2.87. The SMILES string of the molecule is NCC1CCCN(c2nc(-c3ccncc3)cc3cnccc23)C1. The van der Waals surface area contributed by atoms with Crippen molar-refractivity contribution in [1.29, 1.82) is 0 Å². The summed E-state index contributed by atoms with van der Waals surface area (Å²) in [6.07, 6.45) is 9.72. The van der Waals surface area contributed by atoms with E-state index in [0.717, 1.165) is 53.9 Å². The van der Waals surface area contributed by atoms with Gasteiger partial charge in [0, 0.05) is 54.2 Å². The van der Waals surface area contributed by atoms with Crippen LogP contribution in [-0.4, -0.2) is 34.6 Å². The highest BCUT2D eigenvalue weighted by molar-refractivity contribution is 5.94. The van der Waals surface area contributed by atoms with Gasteiger partial charge < -0.3 is 10.6 Å². The van der Waals surface area contributed by atoms with Crippen LogP contribution in [0.3, 0.4) is 0 Å². The molecule has 5 heteroatoms. The van der Waals surface area contributed by atoms with Crippen molar-refractivity contribution in [3.8, 4) is 11.3 Å². The first kappa shape index (κ1) is 15.0. The van der Waals surface area contributed by atoms with Crippen LogP contribution in [0.15, 0.2) is 49.1 Å². The van der Waals surface area contributed by atoms with Crippen LogP contribution < -0.4 is 10.6 Å². The van der Waals surface area contributed by atoms with Gasteiger partial charge in [-0.05, 0) is 49.6 Å². The van der Waals surface area contributed by atoms with Crippen molar-refractivity contribution in [2.75, 3.05) is 24.5 Å². The third kappa shape index (κ3) is 2.83. The van der Waals surface area contributed by atoms with Crippen molar-refractivity contribution in [3.05, 3.63) is 49.1 Å². The zero-order chi connectivity index (χ0) is 16.4. The lowest BCUT2D eigenvalue weighted by Crippen LogP contribution is -2.39. The molecule has 0 spiro atoms. The quantitative estimate of drug-likeness (QED) is 0.804. The maximum Gasteiger partial charge on any atom is 0.137 e. The summed E-state index contributed by atoms with van der Waals surface area (Å²) in [6.45, 7) is 2.74. The van der Waals surface area contributed by atoms with Crippen LogP contribution in [0.2, 0.25) is 0 Å². The Morgan fingerprint density at radius 3 is 2.79 bits per heavy atom. The number of rotatable bonds is 3. The van der Waals surface area contributed by atoms with E-state index in [-0.39, 0.29) is 0 Å². The van der Waals surface area contributed by atoms with E-state index < -0.39 is 0 Å². The smallest absolute Gasteiger partial charge is 0.137 e. The standard InChI is InChI=1S/C19H21N5/c20-11-14-2-1-9-24(13-14)19-17-5-8-22-12-16(17)10-18(23-19)15-3-6-21-7-4-15/h3-8,10,12,14H,1-2,9,11,13,20H2. The number of pyridine rings is 3. The van der Waals surface area contributed by atoms with Crippen LogP contribution >= 0.6 is 0 Å². The second-order valence-electron chi connectivity index (χ2n) is 6.35. The monoisotopic (exact) mass is 319 g/mol. The fourth-order valence-corrected chi connectivity index (χ4v) is 3.44. The summed E-state index contributed by atoms with van der Waals surface area (Å²) in [5.74, 6) is 1.59. The lowest BCUT2D eigenvalue weighted by atomic mass is 9.98. The second kappa shape index (κ2) is 6.53. The van der Waals surface area contributed by atoms with E-state index >= 15 is 0 Å². The molecule has 0 bridgehead atoms. The minimum Gasteiger partial charge on any atom is -0.356 e. The molecule has 4 heterocycles. The molecule has 1 atom stereocenters. The van der Waals surface area contributed by atoms with Crippen LogP contribution in [-0.2, 0) is 0 Å². The molecule has 0 amide bonds. The van der Waals surface area contributed by atoms with Gasteiger partial charge in [-0.15, -0.1) is 0 Å². The Bertz CT molecular complexity index is 834. The normalized spacial score (nSPS) is 18.0. The van der Waals surface area contributed by atoms with E-state index in [0.29, 0.717) is 5.92 Å². The summed E-state index contributed by atoms with van der Waals surface area (Å²) >= 11 is 0. The summed E-state index contributed by atoms with van der Waals surface area (Å²) in [5, 5.41) is 2.27. The van der Waals surface area contributed by atoms with E-state index in [9.17, 15) is 0 Å². The second-order valence-corrected chi connectivity index (χ2v) is 6.35. The lowest BCUT2D eigenvalue weighted by Gasteiger charge is -2.34. The molecule has 1 fully saturated rings. The zero-order valence-corrected chi connectivity index (χ0v) is 13.6. The largest absolute Gasteiger partial charge is 0.356 e. The van der Waals surface area contributed by atoms with E-state index in [1.54, 1.807) is 12.4 Å². The number of nitrogens with two attached hydrogens (primary N) is 1. The number of hydrogen-bond donors (Lipinski definition) is 1. The minimum atomic E-state index is 0.544. The Hall–Kier alpha value is -2.53. The first-order chi connectivity index (χ1) is 11.8. The van der Waals surface area contributed by atoms with E-state index in [4.69, 9.17) is 10.7 Å². The van der Waals surface area contributed by atoms with Crippen molar-refractivity contribution in [3.63, 3.8) is 0 Å². The average molecular weight is 319 g/mol. The predicted molar refractivity (Wildman–Crippen MR) is 96.8 cm³/mol. The van der Waals surface area contributed by atoms with Crippen LogP contribution in [0.5, 0.6) is 0 Å². The van der Waals surface area contributed by atoms with Crippen LogP contribution in [0.1, 0.15) is 12.8 Å². The minimum absolute atomic E-state index is 0.544. The van der Waals surface area contributed by atoms with Crippen molar-refractivity contribution in [1.82, 2.24) is 15.0 Å². The van der Waals surface area contributed by atoms with E-state index in [1.807, 2.05) is 24.5 Å². The molecule has 0 radical (unpaired) electrons. The number of anilines is 1. The Labute approximate surface area is 141 Å². The summed E-state index contributed by atoms with van der Waals surface area (Å²) in [7, 11) is 0. The summed E-state index contributed by atoms with van der Waals surface area (Å²) in [6, 6.07) is 8.14. The van der Waals surface area contributed by atoms with Gasteiger partial charge in [0.2, 0.25) is 0 Å². The first-order valence-electron chi connectivity index (χ1n) is 8.45. The Balaban J connectivity index is 1.84. The van der Waals surface area contributed by atoms with Gasteiger partial charge in [0.15, 0.2) is 0 Å². The van der Waals surface area contributed by atoms with Crippen molar-refractivity contribution < 1.29 is 0 Å². The van der Waals surface area contributed by atoms with E-state index in [2.05, 4.69) is 27.0 Å². The summed E-state index contributed by atoms with van der Waals surface area (Å²) < 4.78 is 0. The van der Waals surface area contributed by atoms with Gasteiger partial charge in [-0.25, -0.2) is 4.98 Å². The molecule has 4 rings (SSSR count). The molecule has 0 aromatic carbocycles. The van der Waals surface area contributed by atoms with Crippen molar-refractivity contribution in [2.45, 2.75) is 12.8 Å². The number of piperidine rings is 1. The fraction of sp³-hybridized carbons (Fsp3) is 0.316. The fourth-order valence-electron chi connectivity index (χ4n) is 3.44. The molecule has 1 aliphatic heterocycles. The zero-order valence-electron chi connectivity index (χ0n) is 13.6. The average Bonchev–Trinajstić information content (AvgIpc) is 2.68. The number of aromatic nitrogens is 3. The van der Waals surface area contributed by atoms with Gasteiger partial charge in [0.1, 0.15) is 5.82 Å². The molecule has 2 N–H and O–H groups in total. The number of hydrogen-bond acceptors (Lipinski definition) is 5. The van der Waals surface area contributed by atoms with Crippen LogP contribution in [0.4, 0.5) is 5.82 Å². The number of fused-ring (bicyclic) bond motifs is 1.